The molecule has 2 rings (SSSR count). The molecule has 5 heteroatoms. The number of nitrogens with two attached hydrogens (primary N) is 1. The fourth-order valence-electron chi connectivity index (χ4n) is 1.38. The number of piperazine rings is 1. The van der Waals surface area contributed by atoms with Crippen LogP contribution in [-0.2, 0) is 0 Å². The first-order valence-corrected chi connectivity index (χ1v) is 4.40. The predicted octanol–water partition coefficient (Wildman–Crippen LogP) is -0.532. The van der Waals surface area contributed by atoms with Gasteiger partial charge in [0.05, 0.1) is 0 Å². The maximum Gasteiger partial charge on any atom is 0.227 e. The lowest BCUT2D eigenvalue weighted by atomic mass is 10.4. The molecular weight excluding hydrogens is 166 g/mol. The van der Waals surface area contributed by atoms with Crippen LogP contribution in [0.25, 0.3) is 0 Å². The van der Waals surface area contributed by atoms with Gasteiger partial charge in [-0.1, -0.05) is 0 Å². The maximum absolute atomic E-state index is 5.57. The molecule has 3 N–H and O–H groups in total. The summed E-state index contributed by atoms with van der Waals surface area (Å²) in [6, 6.07) is 1.70. The standard InChI is InChI=1S/C8H13N5/c9-7-1-2-11-8(12-7)13-5-3-10-4-6-13/h1-2,10H,3-6H2,(H2,9,11,12). The van der Waals surface area contributed by atoms with E-state index in [0.717, 1.165) is 32.1 Å². The van der Waals surface area contributed by atoms with E-state index in [1.165, 1.54) is 0 Å². The first-order valence-electron chi connectivity index (χ1n) is 4.40. The molecule has 0 amide bonds. The van der Waals surface area contributed by atoms with Crippen molar-refractivity contribution in [1.29, 1.82) is 0 Å². The van der Waals surface area contributed by atoms with Gasteiger partial charge >= 0.3 is 0 Å². The van der Waals surface area contributed by atoms with Gasteiger partial charge in [0.1, 0.15) is 5.82 Å². The molecule has 0 atom stereocenters. The minimum atomic E-state index is 0.531. The van der Waals surface area contributed by atoms with E-state index in [0.29, 0.717) is 5.82 Å². The quantitative estimate of drug-likeness (QED) is 0.606. The Labute approximate surface area is 77.0 Å². The molecule has 13 heavy (non-hydrogen) atoms. The number of nitrogens with zero attached hydrogens (tertiary/aromatic N) is 3. The summed E-state index contributed by atoms with van der Waals surface area (Å²) in [4.78, 5) is 10.5. The van der Waals surface area contributed by atoms with Gasteiger partial charge in [0.25, 0.3) is 0 Å². The molecule has 0 spiro atoms. The zero-order chi connectivity index (χ0) is 9.10. The minimum Gasteiger partial charge on any atom is -0.384 e. The summed E-state index contributed by atoms with van der Waals surface area (Å²) in [7, 11) is 0. The fourth-order valence-corrected chi connectivity index (χ4v) is 1.38. The second-order valence-corrected chi connectivity index (χ2v) is 3.02. The monoisotopic (exact) mass is 179 g/mol. The molecular formula is C8H13N5. The lowest BCUT2D eigenvalue weighted by molar-refractivity contribution is 0.580. The van der Waals surface area contributed by atoms with Gasteiger partial charge < -0.3 is 16.0 Å². The lowest BCUT2D eigenvalue weighted by Crippen LogP contribution is -2.44. The van der Waals surface area contributed by atoms with Gasteiger partial charge in [0.2, 0.25) is 5.95 Å². The van der Waals surface area contributed by atoms with Crippen LogP contribution in [0, 0.1) is 0 Å². The molecule has 1 aromatic rings. The van der Waals surface area contributed by atoms with Crippen molar-refractivity contribution < 1.29 is 0 Å². The zero-order valence-corrected chi connectivity index (χ0v) is 7.40. The van der Waals surface area contributed by atoms with Crippen LogP contribution in [-0.4, -0.2) is 36.1 Å². The van der Waals surface area contributed by atoms with E-state index in [1.807, 2.05) is 0 Å². The summed E-state index contributed by atoms with van der Waals surface area (Å²) >= 11 is 0. The third-order valence-electron chi connectivity index (χ3n) is 2.06. The number of hydrogen-bond acceptors (Lipinski definition) is 5. The van der Waals surface area contributed by atoms with Crippen LogP contribution in [0.1, 0.15) is 0 Å². The van der Waals surface area contributed by atoms with Crippen molar-refractivity contribution in [1.82, 2.24) is 15.3 Å². The van der Waals surface area contributed by atoms with Crippen LogP contribution < -0.4 is 16.0 Å². The summed E-state index contributed by atoms with van der Waals surface area (Å²) in [6.45, 7) is 3.86. The first-order chi connectivity index (χ1) is 6.36. The van der Waals surface area contributed by atoms with E-state index < -0.39 is 0 Å². The van der Waals surface area contributed by atoms with E-state index in [4.69, 9.17) is 5.73 Å². The van der Waals surface area contributed by atoms with Crippen LogP contribution in [0.5, 0.6) is 0 Å². The lowest BCUT2D eigenvalue weighted by Gasteiger charge is -2.27. The molecule has 0 unspecified atom stereocenters. The highest BCUT2D eigenvalue weighted by atomic mass is 15.3. The number of hydrogen-bond donors (Lipinski definition) is 2. The molecule has 1 fully saturated rings. The van der Waals surface area contributed by atoms with Crippen LogP contribution in [0.4, 0.5) is 11.8 Å². The Morgan fingerprint density at radius 3 is 2.85 bits per heavy atom. The van der Waals surface area contributed by atoms with Crippen molar-refractivity contribution in [3.63, 3.8) is 0 Å². The number of nitrogens with one attached hydrogen (secondary N) is 1. The van der Waals surface area contributed by atoms with Crippen LogP contribution >= 0.6 is 0 Å². The topological polar surface area (TPSA) is 67.1 Å². The second-order valence-electron chi connectivity index (χ2n) is 3.02. The highest BCUT2D eigenvalue weighted by molar-refractivity contribution is 5.37. The van der Waals surface area contributed by atoms with Crippen LogP contribution in [0.2, 0.25) is 0 Å². The number of nitrogen functional groups attached to an aromatic ring is 1. The normalized spacial score (nSPS) is 17.4. The highest BCUT2D eigenvalue weighted by Crippen LogP contribution is 2.08. The minimum absolute atomic E-state index is 0.531. The van der Waals surface area contributed by atoms with E-state index in [2.05, 4.69) is 20.2 Å². The van der Waals surface area contributed by atoms with E-state index >= 15 is 0 Å². The van der Waals surface area contributed by atoms with Crippen molar-refractivity contribution in [3.05, 3.63) is 12.3 Å². The molecule has 1 aliphatic heterocycles. The Balaban J connectivity index is 2.14. The van der Waals surface area contributed by atoms with E-state index in [1.54, 1.807) is 12.3 Å². The Morgan fingerprint density at radius 2 is 2.15 bits per heavy atom. The van der Waals surface area contributed by atoms with E-state index in [-0.39, 0.29) is 0 Å². The Bertz CT molecular complexity index is 282. The fraction of sp³-hybridized carbons (Fsp3) is 0.500. The number of anilines is 2. The second kappa shape index (κ2) is 3.57. The van der Waals surface area contributed by atoms with Crippen molar-refractivity contribution in [2.45, 2.75) is 0 Å². The zero-order valence-electron chi connectivity index (χ0n) is 7.40. The van der Waals surface area contributed by atoms with Gasteiger partial charge in [-0.3, -0.25) is 0 Å². The largest absolute Gasteiger partial charge is 0.384 e. The Hall–Kier alpha value is -1.36. The molecule has 1 aliphatic rings. The molecule has 0 bridgehead atoms. The van der Waals surface area contributed by atoms with Gasteiger partial charge in [-0.15, -0.1) is 0 Å². The van der Waals surface area contributed by atoms with Crippen molar-refractivity contribution in [3.8, 4) is 0 Å². The first kappa shape index (κ1) is 8.25. The van der Waals surface area contributed by atoms with Gasteiger partial charge in [-0.25, -0.2) is 4.98 Å². The predicted molar refractivity (Wildman–Crippen MR) is 51.5 cm³/mol. The third kappa shape index (κ3) is 1.86. The smallest absolute Gasteiger partial charge is 0.227 e. The van der Waals surface area contributed by atoms with Crippen LogP contribution in [0.15, 0.2) is 12.3 Å². The van der Waals surface area contributed by atoms with Gasteiger partial charge in [-0.05, 0) is 6.07 Å². The van der Waals surface area contributed by atoms with Gasteiger partial charge in [-0.2, -0.15) is 4.98 Å². The summed E-state index contributed by atoms with van der Waals surface area (Å²) < 4.78 is 0. The average Bonchev–Trinajstić information content (AvgIpc) is 2.19. The molecule has 5 nitrogen and oxygen atoms in total. The SMILES string of the molecule is Nc1ccnc(N2CCNCC2)n1. The molecule has 1 saturated heterocycles. The third-order valence-corrected chi connectivity index (χ3v) is 2.06. The summed E-state index contributed by atoms with van der Waals surface area (Å²) in [6.07, 6.45) is 1.69. The summed E-state index contributed by atoms with van der Waals surface area (Å²) in [5.41, 5.74) is 5.57. The highest BCUT2D eigenvalue weighted by Gasteiger charge is 2.12. The number of rotatable bonds is 1. The molecule has 2 heterocycles. The molecule has 0 radical (unpaired) electrons. The average molecular weight is 179 g/mol. The molecule has 0 aromatic carbocycles. The molecule has 1 aromatic heterocycles. The van der Waals surface area contributed by atoms with Crippen molar-refractivity contribution >= 4 is 11.8 Å². The number of aromatic nitrogens is 2. The van der Waals surface area contributed by atoms with Crippen molar-refractivity contribution in [2.75, 3.05) is 36.8 Å². The maximum atomic E-state index is 5.57. The Morgan fingerprint density at radius 1 is 1.38 bits per heavy atom. The van der Waals surface area contributed by atoms with Gasteiger partial charge in [0, 0.05) is 32.4 Å². The van der Waals surface area contributed by atoms with Crippen molar-refractivity contribution in [2.24, 2.45) is 0 Å². The summed E-state index contributed by atoms with van der Waals surface area (Å²) in [5, 5.41) is 3.27. The van der Waals surface area contributed by atoms with Gasteiger partial charge in [0.15, 0.2) is 0 Å². The molecule has 70 valence electrons. The van der Waals surface area contributed by atoms with E-state index in [9.17, 15) is 0 Å². The Kier molecular flexibility index (Phi) is 2.27. The summed E-state index contributed by atoms with van der Waals surface area (Å²) in [5.74, 6) is 1.27. The molecule has 0 saturated carbocycles. The van der Waals surface area contributed by atoms with Crippen LogP contribution in [0.3, 0.4) is 0 Å². The molecule has 0 aliphatic carbocycles.